The van der Waals surface area contributed by atoms with E-state index >= 15 is 0 Å². The molecule has 0 aliphatic carbocycles. The molecular weight excluding hydrogens is 443 g/mol. The quantitative estimate of drug-likeness (QED) is 0.107. The van der Waals surface area contributed by atoms with Crippen LogP contribution in [0, 0.1) is 0 Å². The van der Waals surface area contributed by atoms with E-state index in [4.69, 9.17) is 16.3 Å². The van der Waals surface area contributed by atoms with Gasteiger partial charge in [-0.1, -0.05) is 23.9 Å². The van der Waals surface area contributed by atoms with Gasteiger partial charge in [0.1, 0.15) is 11.4 Å². The van der Waals surface area contributed by atoms with Crippen LogP contribution in [0.1, 0.15) is 12.0 Å². The number of nitrogens with zero attached hydrogens (tertiary/aromatic N) is 4. The van der Waals surface area contributed by atoms with Gasteiger partial charge in [-0.2, -0.15) is 18.2 Å². The Bertz CT molecular complexity index is 933. The Hall–Kier alpha value is -3.01. The van der Waals surface area contributed by atoms with Crippen LogP contribution < -0.4 is 27.2 Å². The van der Waals surface area contributed by atoms with Crippen molar-refractivity contribution >= 4 is 23.1 Å². The molecule has 0 fully saturated rings. The molecule has 0 bridgehead atoms. The standard InChI is InChI=1S/C19H29F3N9O2/c1-13(12-30(2)3)27-14-6-4-7-15(10-14)28-18-25-11-16(19(20,21)22)17(29-18)24-8-5-9-26-31(23,32)33/h4,6-7,10-11,26-27,32-33H,1,5,8-9,12,23H2,2-3H3,(H2,24,25,28,29)/q+1. The van der Waals surface area contributed by atoms with Gasteiger partial charge in [0.25, 0.3) is 0 Å². The summed E-state index contributed by atoms with van der Waals surface area (Å²) in [5, 5.41) is 24.5. The SMILES string of the molecule is C=C(CN(C)C)Nc1cccc(Nc2ncc(C(F)(F)F)c(NCCCN[N+](N)(O)O)n2)c1. The molecule has 0 saturated carbocycles. The van der Waals surface area contributed by atoms with Crippen LogP contribution in [0.3, 0.4) is 0 Å². The molecule has 0 aliphatic heterocycles. The molecule has 2 aromatic rings. The first-order valence-corrected chi connectivity index (χ1v) is 9.86. The van der Waals surface area contributed by atoms with Crippen LogP contribution >= 0.6 is 0 Å². The second-order valence-electron chi connectivity index (χ2n) is 7.46. The molecule has 14 heteroatoms. The lowest BCUT2D eigenvalue weighted by atomic mass is 10.2. The van der Waals surface area contributed by atoms with E-state index in [0.29, 0.717) is 18.4 Å². The smallest absolute Gasteiger partial charge is 0.369 e. The molecule has 0 saturated heterocycles. The summed E-state index contributed by atoms with van der Waals surface area (Å²) >= 11 is 0. The number of quaternary nitrogens is 1. The monoisotopic (exact) mass is 472 g/mol. The van der Waals surface area contributed by atoms with Crippen LogP contribution in [0.2, 0.25) is 0 Å². The van der Waals surface area contributed by atoms with Crippen molar-refractivity contribution in [3.63, 3.8) is 0 Å². The highest BCUT2D eigenvalue weighted by molar-refractivity contribution is 5.63. The minimum atomic E-state index is -4.66. The maximum atomic E-state index is 13.3. The summed E-state index contributed by atoms with van der Waals surface area (Å²) in [4.78, 5) is 9.70. The Morgan fingerprint density at radius 3 is 2.55 bits per heavy atom. The molecular formula is C19H29F3N9O2+. The molecule has 0 unspecified atom stereocenters. The number of alkyl halides is 3. The molecule has 182 valence electrons. The van der Waals surface area contributed by atoms with Crippen LogP contribution in [0.25, 0.3) is 0 Å². The van der Waals surface area contributed by atoms with Gasteiger partial charge in [0.05, 0.1) is 11.6 Å². The van der Waals surface area contributed by atoms with E-state index < -0.39 is 22.6 Å². The second-order valence-corrected chi connectivity index (χ2v) is 7.46. The highest BCUT2D eigenvalue weighted by Crippen LogP contribution is 2.34. The van der Waals surface area contributed by atoms with E-state index in [0.717, 1.165) is 11.4 Å². The van der Waals surface area contributed by atoms with Crippen molar-refractivity contribution in [1.82, 2.24) is 20.3 Å². The summed E-state index contributed by atoms with van der Waals surface area (Å²) in [6.45, 7) is 4.66. The van der Waals surface area contributed by atoms with Gasteiger partial charge in [0.2, 0.25) is 5.95 Å². The van der Waals surface area contributed by atoms with Crippen molar-refractivity contribution in [2.75, 3.05) is 49.7 Å². The zero-order valence-electron chi connectivity index (χ0n) is 18.3. The largest absolute Gasteiger partial charge is 0.421 e. The Morgan fingerprint density at radius 1 is 1.21 bits per heavy atom. The van der Waals surface area contributed by atoms with E-state index in [1.54, 1.807) is 18.2 Å². The van der Waals surface area contributed by atoms with E-state index in [1.165, 1.54) is 0 Å². The first-order chi connectivity index (χ1) is 15.3. The summed E-state index contributed by atoms with van der Waals surface area (Å²) in [6.07, 6.45) is -3.73. The lowest BCUT2D eigenvalue weighted by Gasteiger charge is -2.16. The van der Waals surface area contributed by atoms with Crippen LogP contribution in [-0.4, -0.2) is 64.0 Å². The fourth-order valence-corrected chi connectivity index (χ4v) is 2.75. The zero-order valence-corrected chi connectivity index (χ0v) is 18.3. The first kappa shape index (κ1) is 26.2. The number of nitrogens with one attached hydrogen (secondary N) is 4. The number of hydrogen-bond acceptors (Lipinski definition) is 10. The van der Waals surface area contributed by atoms with Crippen molar-refractivity contribution in [1.29, 1.82) is 0 Å². The van der Waals surface area contributed by atoms with Gasteiger partial charge >= 0.3 is 6.18 Å². The van der Waals surface area contributed by atoms with Gasteiger partial charge in [-0.3, -0.25) is 0 Å². The second kappa shape index (κ2) is 11.2. The van der Waals surface area contributed by atoms with Crippen LogP contribution in [0.15, 0.2) is 42.7 Å². The Kier molecular flexibility index (Phi) is 8.92. The highest BCUT2D eigenvalue weighted by atomic mass is 19.4. The molecule has 1 heterocycles. The number of hydrogen-bond donors (Lipinski definition) is 7. The van der Waals surface area contributed by atoms with Crippen LogP contribution in [-0.2, 0) is 6.18 Å². The predicted molar refractivity (Wildman–Crippen MR) is 117 cm³/mol. The van der Waals surface area contributed by atoms with Gasteiger partial charge in [-0.15, -0.1) is 10.4 Å². The highest BCUT2D eigenvalue weighted by Gasteiger charge is 2.35. The average molecular weight is 472 g/mol. The first-order valence-electron chi connectivity index (χ1n) is 9.86. The Balaban J connectivity index is 2.10. The van der Waals surface area contributed by atoms with Gasteiger partial charge in [-0.05, 0) is 38.7 Å². The molecule has 11 nitrogen and oxygen atoms in total. The van der Waals surface area contributed by atoms with Gasteiger partial charge in [-0.25, -0.2) is 4.98 Å². The number of nitrogens with two attached hydrogens (primary N) is 1. The molecule has 1 aromatic carbocycles. The van der Waals surface area contributed by atoms with Gasteiger partial charge in [0.15, 0.2) is 0 Å². The average Bonchev–Trinajstić information content (AvgIpc) is 2.65. The van der Waals surface area contributed by atoms with Crippen LogP contribution in [0.4, 0.5) is 36.3 Å². The number of benzene rings is 1. The van der Waals surface area contributed by atoms with E-state index in [9.17, 15) is 13.2 Å². The molecule has 1 aromatic heterocycles. The van der Waals surface area contributed by atoms with Crippen molar-refractivity contribution < 1.29 is 28.6 Å². The van der Waals surface area contributed by atoms with Crippen molar-refractivity contribution in [3.05, 3.63) is 48.3 Å². The van der Waals surface area contributed by atoms with E-state index in [1.807, 2.05) is 25.1 Å². The molecule has 0 radical (unpaired) electrons. The normalized spacial score (nSPS) is 12.0. The fourth-order valence-electron chi connectivity index (χ4n) is 2.75. The zero-order chi connectivity index (χ0) is 24.6. The fraction of sp³-hybridized carbons (Fsp3) is 0.368. The lowest BCUT2D eigenvalue weighted by Crippen LogP contribution is -2.58. The lowest BCUT2D eigenvalue weighted by molar-refractivity contribution is -1.28. The van der Waals surface area contributed by atoms with Crippen molar-refractivity contribution in [3.8, 4) is 0 Å². The number of anilines is 4. The van der Waals surface area contributed by atoms with Gasteiger partial charge < -0.3 is 20.9 Å². The van der Waals surface area contributed by atoms with Crippen LogP contribution in [0.5, 0.6) is 0 Å². The third kappa shape index (κ3) is 9.56. The number of aromatic nitrogens is 2. The third-order valence-corrected chi connectivity index (χ3v) is 4.03. The Morgan fingerprint density at radius 2 is 1.91 bits per heavy atom. The summed E-state index contributed by atoms with van der Waals surface area (Å²) in [7, 11) is 3.83. The van der Waals surface area contributed by atoms with E-state index in [2.05, 4.69) is 37.9 Å². The van der Waals surface area contributed by atoms with Crippen molar-refractivity contribution in [2.45, 2.75) is 12.6 Å². The minimum Gasteiger partial charge on any atom is -0.369 e. The number of rotatable bonds is 12. The Labute approximate surface area is 189 Å². The topological polar surface area (TPSA) is 144 Å². The summed E-state index contributed by atoms with van der Waals surface area (Å²) < 4.78 is 40.0. The molecule has 0 atom stereocenters. The summed E-state index contributed by atoms with van der Waals surface area (Å²) in [5.74, 6) is 4.45. The minimum absolute atomic E-state index is 0.0208. The molecule has 0 aliphatic rings. The summed E-state index contributed by atoms with van der Waals surface area (Å²) in [6, 6.07) is 7.07. The summed E-state index contributed by atoms with van der Waals surface area (Å²) in [5.41, 5.74) is 3.19. The number of likely N-dealkylation sites (N-methyl/N-ethyl adjacent to an activating group) is 1. The molecule has 33 heavy (non-hydrogen) atoms. The molecule has 2 rings (SSSR count). The molecule has 8 N–H and O–H groups in total. The number of halogens is 3. The molecule has 0 spiro atoms. The van der Waals surface area contributed by atoms with E-state index in [-0.39, 0.29) is 25.5 Å². The third-order valence-electron chi connectivity index (χ3n) is 4.03. The van der Waals surface area contributed by atoms with Crippen molar-refractivity contribution in [2.24, 2.45) is 5.84 Å². The maximum absolute atomic E-state index is 13.3. The molecule has 0 amide bonds. The maximum Gasteiger partial charge on any atom is 0.421 e. The van der Waals surface area contributed by atoms with Gasteiger partial charge in [0, 0.05) is 36.4 Å². The predicted octanol–water partition coefficient (Wildman–Crippen LogP) is 2.50.